The molecule has 3 N–H and O–H groups in total. The Hall–Kier alpha value is -2.66. The molecule has 2 aromatic carbocycles. The van der Waals surface area contributed by atoms with E-state index in [0.29, 0.717) is 0 Å². The third-order valence-corrected chi connectivity index (χ3v) is 4.01. The Morgan fingerprint density at radius 1 is 0.923 bits per heavy atom. The van der Waals surface area contributed by atoms with Crippen LogP contribution in [0.1, 0.15) is 37.8 Å². The van der Waals surface area contributed by atoms with Gasteiger partial charge in [-0.2, -0.15) is 0 Å². The first kappa shape index (κ1) is 19.7. The zero-order valence-corrected chi connectivity index (χ0v) is 15.3. The highest BCUT2D eigenvalue weighted by Crippen LogP contribution is 2.31. The second-order valence-corrected chi connectivity index (χ2v) is 7.23. The smallest absolute Gasteiger partial charge is 0.322 e. The molecule has 0 spiro atoms. The first-order valence-corrected chi connectivity index (χ1v) is 8.52. The van der Waals surface area contributed by atoms with Gasteiger partial charge in [-0.1, -0.05) is 60.7 Å². The van der Waals surface area contributed by atoms with Crippen molar-refractivity contribution in [3.63, 3.8) is 0 Å². The van der Waals surface area contributed by atoms with E-state index in [9.17, 15) is 14.7 Å². The number of hydrogen-bond acceptors (Lipinski definition) is 4. The number of aliphatic carboxylic acids is 1. The molecule has 0 fully saturated rings. The Bertz CT molecular complexity index is 698. The van der Waals surface area contributed by atoms with Gasteiger partial charge in [0.2, 0.25) is 0 Å². The number of rotatable bonds is 6. The third-order valence-electron chi connectivity index (χ3n) is 4.01. The maximum atomic E-state index is 12.5. The minimum Gasteiger partial charge on any atom is -0.481 e. The number of ether oxygens (including phenoxy) is 1. The van der Waals surface area contributed by atoms with Gasteiger partial charge in [-0.05, 0) is 31.9 Å². The molecule has 0 aromatic heterocycles. The molecular formula is C21H25NO4. The van der Waals surface area contributed by atoms with Crippen LogP contribution in [0.25, 0.3) is 0 Å². The maximum absolute atomic E-state index is 12.5. The summed E-state index contributed by atoms with van der Waals surface area (Å²) in [7, 11) is 0. The quantitative estimate of drug-likeness (QED) is 0.613. The van der Waals surface area contributed by atoms with E-state index < -0.39 is 35.4 Å². The summed E-state index contributed by atoms with van der Waals surface area (Å²) in [4.78, 5) is 24.4. The summed E-state index contributed by atoms with van der Waals surface area (Å²) < 4.78 is 5.30. The van der Waals surface area contributed by atoms with E-state index in [2.05, 4.69) is 0 Å². The second kappa shape index (κ2) is 8.15. The highest BCUT2D eigenvalue weighted by molar-refractivity contribution is 5.95. The summed E-state index contributed by atoms with van der Waals surface area (Å²) in [6.07, 6.45) is 0. The van der Waals surface area contributed by atoms with Crippen molar-refractivity contribution in [1.82, 2.24) is 0 Å². The highest BCUT2D eigenvalue weighted by atomic mass is 16.6. The molecule has 2 rings (SSSR count). The predicted molar refractivity (Wildman–Crippen MR) is 99.7 cm³/mol. The standard InChI is InChI=1S/C21H25NO4/c1-21(2,3)26-20(25)17(19(23)24)18(22)16(14-10-6-4-7-11-14)15-12-8-5-9-13-15/h4-13,16-18H,22H2,1-3H3,(H,23,24)/t17-,18?/m1/s1. The van der Waals surface area contributed by atoms with Gasteiger partial charge < -0.3 is 15.6 Å². The molecule has 5 nitrogen and oxygen atoms in total. The molecular weight excluding hydrogens is 330 g/mol. The number of nitrogens with two attached hydrogens (primary N) is 1. The van der Waals surface area contributed by atoms with Gasteiger partial charge in [-0.3, -0.25) is 9.59 Å². The summed E-state index contributed by atoms with van der Waals surface area (Å²) in [6, 6.07) is 17.7. The number of hydrogen-bond donors (Lipinski definition) is 2. The van der Waals surface area contributed by atoms with Gasteiger partial charge in [0.1, 0.15) is 5.60 Å². The number of carboxylic acid groups (broad SMARTS) is 1. The molecule has 138 valence electrons. The van der Waals surface area contributed by atoms with Crippen LogP contribution in [0.2, 0.25) is 0 Å². The Kier molecular flexibility index (Phi) is 6.16. The molecule has 0 aliphatic rings. The van der Waals surface area contributed by atoms with E-state index in [0.717, 1.165) is 11.1 Å². The normalized spacial score (nSPS) is 13.9. The van der Waals surface area contributed by atoms with Gasteiger partial charge in [0.05, 0.1) is 0 Å². The summed E-state index contributed by atoms with van der Waals surface area (Å²) in [5.41, 5.74) is 7.27. The topological polar surface area (TPSA) is 89.6 Å². The van der Waals surface area contributed by atoms with Crippen LogP contribution in [-0.2, 0) is 14.3 Å². The van der Waals surface area contributed by atoms with Gasteiger partial charge in [-0.15, -0.1) is 0 Å². The summed E-state index contributed by atoms with van der Waals surface area (Å²) >= 11 is 0. The molecule has 1 unspecified atom stereocenters. The Labute approximate surface area is 153 Å². The summed E-state index contributed by atoms with van der Waals surface area (Å²) in [5.74, 6) is -4.04. The molecule has 26 heavy (non-hydrogen) atoms. The Balaban J connectivity index is 2.45. The van der Waals surface area contributed by atoms with Gasteiger partial charge in [0.25, 0.3) is 0 Å². The van der Waals surface area contributed by atoms with E-state index in [1.165, 1.54) is 0 Å². The number of carboxylic acids is 1. The molecule has 0 bridgehead atoms. The number of carbonyl (C=O) groups is 2. The van der Waals surface area contributed by atoms with Crippen molar-refractivity contribution in [3.05, 3.63) is 71.8 Å². The van der Waals surface area contributed by atoms with Crippen molar-refractivity contribution >= 4 is 11.9 Å². The lowest BCUT2D eigenvalue weighted by atomic mass is 9.79. The van der Waals surface area contributed by atoms with E-state index in [1.54, 1.807) is 20.8 Å². The maximum Gasteiger partial charge on any atom is 0.322 e. The minimum absolute atomic E-state index is 0.453. The fourth-order valence-electron chi connectivity index (χ4n) is 2.94. The van der Waals surface area contributed by atoms with Crippen LogP contribution in [0.3, 0.4) is 0 Å². The van der Waals surface area contributed by atoms with Crippen molar-refractivity contribution < 1.29 is 19.4 Å². The van der Waals surface area contributed by atoms with Crippen LogP contribution in [0.5, 0.6) is 0 Å². The fraction of sp³-hybridized carbons (Fsp3) is 0.333. The largest absolute Gasteiger partial charge is 0.481 e. The second-order valence-electron chi connectivity index (χ2n) is 7.23. The van der Waals surface area contributed by atoms with Gasteiger partial charge in [-0.25, -0.2) is 0 Å². The van der Waals surface area contributed by atoms with Crippen molar-refractivity contribution in [1.29, 1.82) is 0 Å². The Morgan fingerprint density at radius 2 is 1.35 bits per heavy atom. The van der Waals surface area contributed by atoms with Crippen molar-refractivity contribution in [3.8, 4) is 0 Å². The lowest BCUT2D eigenvalue weighted by molar-refractivity contribution is -0.167. The molecule has 2 aromatic rings. The lowest BCUT2D eigenvalue weighted by Crippen LogP contribution is -2.47. The molecule has 0 amide bonds. The van der Waals surface area contributed by atoms with E-state index in [4.69, 9.17) is 10.5 Å². The molecule has 0 saturated heterocycles. The Morgan fingerprint density at radius 3 is 1.69 bits per heavy atom. The van der Waals surface area contributed by atoms with E-state index in [-0.39, 0.29) is 0 Å². The van der Waals surface area contributed by atoms with Gasteiger partial charge in [0, 0.05) is 12.0 Å². The lowest BCUT2D eigenvalue weighted by Gasteiger charge is -2.30. The van der Waals surface area contributed by atoms with Crippen LogP contribution >= 0.6 is 0 Å². The van der Waals surface area contributed by atoms with Gasteiger partial charge >= 0.3 is 11.9 Å². The van der Waals surface area contributed by atoms with Crippen LogP contribution < -0.4 is 5.73 Å². The zero-order valence-electron chi connectivity index (χ0n) is 15.3. The average Bonchev–Trinajstić information content (AvgIpc) is 2.55. The number of benzene rings is 2. The highest BCUT2D eigenvalue weighted by Gasteiger charge is 2.41. The molecule has 0 saturated carbocycles. The van der Waals surface area contributed by atoms with Crippen molar-refractivity contribution in [2.75, 3.05) is 0 Å². The van der Waals surface area contributed by atoms with E-state index >= 15 is 0 Å². The first-order chi connectivity index (χ1) is 12.2. The first-order valence-electron chi connectivity index (χ1n) is 8.52. The number of carbonyl (C=O) groups excluding carboxylic acids is 1. The summed E-state index contributed by atoms with van der Waals surface area (Å²) in [5, 5.41) is 9.67. The van der Waals surface area contributed by atoms with Gasteiger partial charge in [0.15, 0.2) is 5.92 Å². The molecule has 0 radical (unpaired) electrons. The molecule has 5 heteroatoms. The van der Waals surface area contributed by atoms with E-state index in [1.807, 2.05) is 60.7 Å². The third kappa shape index (κ3) is 4.92. The molecule has 0 aliphatic heterocycles. The summed E-state index contributed by atoms with van der Waals surface area (Å²) in [6.45, 7) is 5.09. The fourth-order valence-corrected chi connectivity index (χ4v) is 2.94. The SMILES string of the molecule is CC(C)(C)OC(=O)[C@@H](C(=O)O)C(N)C(c1ccccc1)c1ccccc1. The molecule has 0 aliphatic carbocycles. The van der Waals surface area contributed by atoms with Crippen LogP contribution in [0.15, 0.2) is 60.7 Å². The number of esters is 1. The molecule has 0 heterocycles. The minimum atomic E-state index is -1.47. The zero-order chi connectivity index (χ0) is 19.3. The van der Waals surface area contributed by atoms with Crippen LogP contribution in [-0.4, -0.2) is 28.7 Å². The average molecular weight is 355 g/mol. The molecule has 2 atom stereocenters. The van der Waals surface area contributed by atoms with Crippen molar-refractivity contribution in [2.45, 2.75) is 38.3 Å². The monoisotopic (exact) mass is 355 g/mol. The van der Waals surface area contributed by atoms with Crippen LogP contribution in [0.4, 0.5) is 0 Å². The van der Waals surface area contributed by atoms with Crippen molar-refractivity contribution in [2.24, 2.45) is 11.7 Å². The predicted octanol–water partition coefficient (Wildman–Crippen LogP) is 3.19. The van der Waals surface area contributed by atoms with Crippen LogP contribution in [0, 0.1) is 5.92 Å².